The third-order valence-electron chi connectivity index (χ3n) is 9.38. The van der Waals surface area contributed by atoms with Crippen LogP contribution in [0.3, 0.4) is 0 Å². The SMILES string of the molecule is COc1cc(-c2ccc(F)c(C)c2NC(=O)N(C(c2ccccc2)(c2ccccc2)c2ccccc2)S(=N)(=O)c2cnn3c2OCC(OC)C3)ccn1. The molecule has 0 radical (unpaired) electrons. The number of amides is 2. The highest BCUT2D eigenvalue weighted by Crippen LogP contribution is 2.47. The number of methoxy groups -OCH3 is 2. The standard InChI is InChI=1S/C40H37FN6O5S/c1-27-34(41)20-19-33(28-21-22-43-36(23-28)51-3)37(27)45-39(48)47(53(42,49)35-24-44-46-25-32(50-2)26-52-38(35)46)40(29-13-7-4-8-14-29,30-15-9-5-10-16-30)31-17-11-6-12-18-31/h4-24,32,42H,25-26H2,1-3H3,(H,45,48). The summed E-state index contributed by atoms with van der Waals surface area (Å²) in [6, 6.07) is 32.7. The highest BCUT2D eigenvalue weighted by atomic mass is 32.2. The Labute approximate surface area is 307 Å². The second-order valence-electron chi connectivity index (χ2n) is 12.4. The third kappa shape index (κ3) is 6.27. The topological polar surface area (TPSA) is 132 Å². The fourth-order valence-electron chi connectivity index (χ4n) is 6.77. The molecule has 4 aromatic carbocycles. The van der Waals surface area contributed by atoms with Gasteiger partial charge in [0.25, 0.3) is 0 Å². The average Bonchev–Trinajstić information content (AvgIpc) is 3.64. The van der Waals surface area contributed by atoms with Crippen molar-refractivity contribution in [3.8, 4) is 22.9 Å². The lowest BCUT2D eigenvalue weighted by Gasteiger charge is -2.45. The first kappa shape index (κ1) is 35.4. The van der Waals surface area contributed by atoms with E-state index in [1.807, 2.05) is 91.0 Å². The number of benzene rings is 4. The van der Waals surface area contributed by atoms with Gasteiger partial charge >= 0.3 is 6.03 Å². The van der Waals surface area contributed by atoms with Crippen molar-refractivity contribution < 1.29 is 27.6 Å². The largest absolute Gasteiger partial charge is 0.481 e. The van der Waals surface area contributed by atoms with Crippen LogP contribution in [0.5, 0.6) is 11.8 Å². The van der Waals surface area contributed by atoms with E-state index in [1.54, 1.807) is 38.4 Å². The Hall–Kier alpha value is -6.05. The van der Waals surface area contributed by atoms with Crippen molar-refractivity contribution >= 4 is 21.6 Å². The van der Waals surface area contributed by atoms with Crippen molar-refractivity contribution in [2.24, 2.45) is 0 Å². The smallest absolute Gasteiger partial charge is 0.336 e. The van der Waals surface area contributed by atoms with Gasteiger partial charge in [-0.05, 0) is 47.4 Å². The minimum atomic E-state index is -4.41. The quantitative estimate of drug-likeness (QED) is 0.138. The summed E-state index contributed by atoms with van der Waals surface area (Å²) in [6.45, 7) is 1.96. The predicted octanol–water partition coefficient (Wildman–Crippen LogP) is 7.66. The molecule has 0 spiro atoms. The van der Waals surface area contributed by atoms with E-state index in [4.69, 9.17) is 14.2 Å². The van der Waals surface area contributed by atoms with E-state index in [9.17, 15) is 4.78 Å². The second kappa shape index (κ2) is 14.5. The van der Waals surface area contributed by atoms with Gasteiger partial charge in [0.2, 0.25) is 11.8 Å². The van der Waals surface area contributed by atoms with Gasteiger partial charge < -0.3 is 19.5 Å². The number of urea groups is 1. The van der Waals surface area contributed by atoms with Gasteiger partial charge in [0.05, 0.1) is 25.5 Å². The average molecular weight is 733 g/mol. The lowest BCUT2D eigenvalue weighted by Crippen LogP contribution is -2.55. The van der Waals surface area contributed by atoms with Gasteiger partial charge in [0.1, 0.15) is 29.0 Å². The molecule has 7 rings (SSSR count). The molecular weight excluding hydrogens is 696 g/mol. The van der Waals surface area contributed by atoms with Crippen molar-refractivity contribution in [1.29, 1.82) is 4.78 Å². The molecule has 53 heavy (non-hydrogen) atoms. The van der Waals surface area contributed by atoms with Gasteiger partial charge in [-0.15, -0.1) is 0 Å². The van der Waals surface area contributed by atoms with Crippen LogP contribution in [0.1, 0.15) is 22.3 Å². The monoisotopic (exact) mass is 732 g/mol. The Bertz CT molecular complexity index is 2260. The summed E-state index contributed by atoms with van der Waals surface area (Å²) >= 11 is 0. The first-order chi connectivity index (χ1) is 25.7. The molecule has 6 aromatic rings. The number of rotatable bonds is 10. The number of halogens is 1. The maximum Gasteiger partial charge on any atom is 0.336 e. The molecular formula is C40H37FN6O5S. The molecule has 3 heterocycles. The molecule has 2 atom stereocenters. The maximum absolute atomic E-state index is 15.8. The number of fused-ring (bicyclic) bond motifs is 1. The molecule has 2 amide bonds. The Morgan fingerprint density at radius 1 is 0.962 bits per heavy atom. The number of nitrogens with zero attached hydrogens (tertiary/aromatic N) is 4. The molecule has 0 saturated carbocycles. The van der Waals surface area contributed by atoms with Crippen LogP contribution in [-0.4, -0.2) is 56.2 Å². The number of ether oxygens (including phenoxy) is 3. The molecule has 270 valence electrons. The van der Waals surface area contributed by atoms with Gasteiger partial charge in [-0.2, -0.15) is 5.10 Å². The number of aromatic nitrogens is 3. The van der Waals surface area contributed by atoms with Crippen LogP contribution in [0.4, 0.5) is 14.9 Å². The molecule has 0 fully saturated rings. The maximum atomic E-state index is 15.8. The van der Waals surface area contributed by atoms with Crippen molar-refractivity contribution in [2.45, 2.75) is 30.0 Å². The Balaban J connectivity index is 1.52. The molecule has 2 aromatic heterocycles. The number of pyridine rings is 1. The fourth-order valence-corrected chi connectivity index (χ4v) is 8.54. The van der Waals surface area contributed by atoms with Crippen LogP contribution in [-0.2, 0) is 26.7 Å². The van der Waals surface area contributed by atoms with Crippen LogP contribution in [0, 0.1) is 17.5 Å². The summed E-state index contributed by atoms with van der Waals surface area (Å²) in [4.78, 5) is 19.6. The van der Waals surface area contributed by atoms with Gasteiger partial charge in [-0.3, -0.25) is 0 Å². The first-order valence-corrected chi connectivity index (χ1v) is 18.3. The zero-order valence-corrected chi connectivity index (χ0v) is 30.0. The Morgan fingerprint density at radius 3 is 2.13 bits per heavy atom. The Morgan fingerprint density at radius 2 is 1.57 bits per heavy atom. The molecule has 2 unspecified atom stereocenters. The van der Waals surface area contributed by atoms with E-state index in [0.29, 0.717) is 33.7 Å². The summed E-state index contributed by atoms with van der Waals surface area (Å²) in [7, 11) is -1.37. The molecule has 0 saturated heterocycles. The van der Waals surface area contributed by atoms with E-state index in [1.165, 1.54) is 24.1 Å². The molecule has 0 bridgehead atoms. The number of carbonyl (C=O) groups excluding carboxylic acids is 1. The molecule has 2 N–H and O–H groups in total. The number of anilines is 1. The lowest BCUT2D eigenvalue weighted by atomic mass is 9.77. The first-order valence-electron chi connectivity index (χ1n) is 16.8. The van der Waals surface area contributed by atoms with Gasteiger partial charge in [-0.25, -0.2) is 32.1 Å². The zero-order chi connectivity index (χ0) is 37.2. The van der Waals surface area contributed by atoms with Gasteiger partial charge in [0, 0.05) is 30.5 Å². The van der Waals surface area contributed by atoms with E-state index in [-0.39, 0.29) is 41.3 Å². The summed E-state index contributed by atoms with van der Waals surface area (Å²) < 4.78 is 60.7. The summed E-state index contributed by atoms with van der Waals surface area (Å²) in [5.41, 5.74) is 1.22. The highest BCUT2D eigenvalue weighted by molar-refractivity contribution is 7.90. The second-order valence-corrected chi connectivity index (χ2v) is 14.3. The number of hydrogen-bond acceptors (Lipinski definition) is 8. The third-order valence-corrected chi connectivity index (χ3v) is 11.2. The zero-order valence-electron chi connectivity index (χ0n) is 29.2. The van der Waals surface area contributed by atoms with Gasteiger partial charge in [-0.1, -0.05) is 91.0 Å². The van der Waals surface area contributed by atoms with E-state index in [0.717, 1.165) is 4.31 Å². The van der Waals surface area contributed by atoms with Crippen LogP contribution < -0.4 is 14.8 Å². The fraction of sp³-hybridized carbons (Fsp3) is 0.175. The number of nitrogens with one attached hydrogen (secondary N) is 2. The molecule has 13 heteroatoms. The predicted molar refractivity (Wildman–Crippen MR) is 199 cm³/mol. The van der Waals surface area contributed by atoms with E-state index < -0.39 is 27.3 Å². The van der Waals surface area contributed by atoms with E-state index in [2.05, 4.69) is 15.4 Å². The minimum Gasteiger partial charge on any atom is -0.481 e. The lowest BCUT2D eigenvalue weighted by molar-refractivity contribution is 0.0165. The number of carbonyl (C=O) groups is 1. The molecule has 0 aliphatic carbocycles. The van der Waals surface area contributed by atoms with Gasteiger partial charge in [0.15, 0.2) is 9.92 Å². The highest BCUT2D eigenvalue weighted by Gasteiger charge is 2.51. The molecule has 1 aliphatic rings. The van der Waals surface area contributed by atoms with Crippen LogP contribution in [0.15, 0.2) is 133 Å². The molecule has 1 aliphatic heterocycles. The number of hydrogen-bond donors (Lipinski definition) is 2. The van der Waals surface area contributed by atoms with Crippen LogP contribution in [0.2, 0.25) is 0 Å². The molecule has 11 nitrogen and oxygen atoms in total. The van der Waals surface area contributed by atoms with Crippen LogP contribution in [0.25, 0.3) is 11.1 Å². The summed E-state index contributed by atoms with van der Waals surface area (Å²) in [6.07, 6.45) is 2.52. The van der Waals surface area contributed by atoms with Crippen molar-refractivity contribution in [3.63, 3.8) is 0 Å². The van der Waals surface area contributed by atoms with Crippen molar-refractivity contribution in [1.82, 2.24) is 19.1 Å². The minimum absolute atomic E-state index is 0.0886. The van der Waals surface area contributed by atoms with Crippen molar-refractivity contribution in [3.05, 3.63) is 156 Å². The Kier molecular flexibility index (Phi) is 9.69. The van der Waals surface area contributed by atoms with Crippen LogP contribution >= 0.6 is 0 Å². The summed E-state index contributed by atoms with van der Waals surface area (Å²) in [5, 5.41) is 7.36. The summed E-state index contributed by atoms with van der Waals surface area (Å²) in [5.74, 6) is -0.170. The van der Waals surface area contributed by atoms with E-state index >= 15 is 13.4 Å². The normalized spacial score (nSPS) is 15.1. The van der Waals surface area contributed by atoms with Crippen molar-refractivity contribution in [2.75, 3.05) is 26.1 Å².